The number of hydrogen-bond acceptors (Lipinski definition) is 7. The largest absolute Gasteiger partial charge is 0.497 e. The van der Waals surface area contributed by atoms with Gasteiger partial charge in [-0.05, 0) is 38.1 Å². The van der Waals surface area contributed by atoms with Gasteiger partial charge in [0.2, 0.25) is 11.7 Å². The fraction of sp³-hybridized carbons (Fsp3) is 0.318. The molecule has 0 aliphatic heterocycles. The van der Waals surface area contributed by atoms with Crippen LogP contribution in [0.2, 0.25) is 0 Å². The van der Waals surface area contributed by atoms with Gasteiger partial charge in [0, 0.05) is 13.1 Å². The van der Waals surface area contributed by atoms with Crippen LogP contribution in [0.4, 0.5) is 0 Å². The van der Waals surface area contributed by atoms with Crippen molar-refractivity contribution in [3.8, 4) is 28.6 Å². The monoisotopic (exact) mass is 411 g/mol. The van der Waals surface area contributed by atoms with Crippen molar-refractivity contribution in [2.75, 3.05) is 21.3 Å². The molecule has 8 nitrogen and oxygen atoms in total. The summed E-state index contributed by atoms with van der Waals surface area (Å²) < 4.78 is 21.6. The molecule has 3 aromatic rings. The van der Waals surface area contributed by atoms with Crippen LogP contribution in [-0.4, -0.2) is 48.3 Å². The Balaban J connectivity index is 1.66. The summed E-state index contributed by atoms with van der Waals surface area (Å²) in [6, 6.07) is 12.9. The summed E-state index contributed by atoms with van der Waals surface area (Å²) in [5, 5.41) is 4.01. The van der Waals surface area contributed by atoms with E-state index < -0.39 is 6.10 Å². The second-order valence-electron chi connectivity index (χ2n) is 6.85. The molecular formula is C22H25N3O5. The third kappa shape index (κ3) is 4.89. The highest BCUT2D eigenvalue weighted by Gasteiger charge is 2.22. The molecule has 2 aromatic carbocycles. The van der Waals surface area contributed by atoms with E-state index in [1.807, 2.05) is 31.2 Å². The highest BCUT2D eigenvalue weighted by atomic mass is 16.5. The molecule has 0 aliphatic rings. The Morgan fingerprint density at radius 1 is 1.10 bits per heavy atom. The number of hydrogen-bond donors (Lipinski definition) is 0. The predicted molar refractivity (Wildman–Crippen MR) is 111 cm³/mol. The number of methoxy groups -OCH3 is 2. The Labute approximate surface area is 175 Å². The number of nitrogens with zero attached hydrogens (tertiary/aromatic N) is 3. The first-order valence-electron chi connectivity index (χ1n) is 9.44. The molecule has 1 atom stereocenters. The maximum Gasteiger partial charge on any atom is 0.263 e. The Morgan fingerprint density at radius 3 is 2.47 bits per heavy atom. The van der Waals surface area contributed by atoms with Gasteiger partial charge in [0.15, 0.2) is 6.10 Å². The van der Waals surface area contributed by atoms with E-state index in [9.17, 15) is 4.79 Å². The van der Waals surface area contributed by atoms with Gasteiger partial charge < -0.3 is 23.6 Å². The fourth-order valence-corrected chi connectivity index (χ4v) is 2.87. The number of likely N-dealkylation sites (N-methyl/N-ethyl adjacent to an activating group) is 1. The van der Waals surface area contributed by atoms with Crippen molar-refractivity contribution in [2.45, 2.75) is 26.5 Å². The van der Waals surface area contributed by atoms with Gasteiger partial charge in [-0.2, -0.15) is 4.98 Å². The molecule has 0 radical (unpaired) electrons. The number of carbonyl (C=O) groups is 1. The van der Waals surface area contributed by atoms with Crippen molar-refractivity contribution >= 4 is 5.91 Å². The Hall–Kier alpha value is -3.55. The molecule has 30 heavy (non-hydrogen) atoms. The molecular weight excluding hydrogens is 386 g/mol. The van der Waals surface area contributed by atoms with Crippen molar-refractivity contribution < 1.29 is 23.5 Å². The van der Waals surface area contributed by atoms with E-state index in [2.05, 4.69) is 10.1 Å². The molecule has 158 valence electrons. The lowest BCUT2D eigenvalue weighted by Crippen LogP contribution is -2.37. The molecule has 8 heteroatoms. The van der Waals surface area contributed by atoms with Crippen LogP contribution < -0.4 is 14.2 Å². The van der Waals surface area contributed by atoms with Crippen molar-refractivity contribution in [3.63, 3.8) is 0 Å². The molecule has 0 N–H and O–H groups in total. The molecule has 1 aromatic heterocycles. The molecule has 3 rings (SSSR count). The molecule has 1 heterocycles. The number of rotatable bonds is 8. The highest BCUT2D eigenvalue weighted by molar-refractivity contribution is 5.80. The number of ether oxygens (including phenoxy) is 3. The van der Waals surface area contributed by atoms with Crippen LogP contribution in [0.1, 0.15) is 18.4 Å². The molecule has 0 fully saturated rings. The molecule has 0 bridgehead atoms. The summed E-state index contributed by atoms with van der Waals surface area (Å²) in [6.45, 7) is 3.86. The lowest BCUT2D eigenvalue weighted by atomic mass is 10.2. The standard InChI is InChI=1S/C22H25N3O5/c1-14-6-8-16(9-7-14)29-15(2)22(26)25(3)13-20-23-21(24-30-20)18-11-10-17(27-4)12-19(18)28-5/h6-12,15H,13H2,1-5H3/t15-/m1/s1. The summed E-state index contributed by atoms with van der Waals surface area (Å²) in [5.74, 6) is 2.34. The third-order valence-electron chi connectivity index (χ3n) is 4.55. The zero-order chi connectivity index (χ0) is 21.7. The van der Waals surface area contributed by atoms with Crippen LogP contribution in [0, 0.1) is 6.92 Å². The molecule has 0 unspecified atom stereocenters. The van der Waals surface area contributed by atoms with Gasteiger partial charge in [0.25, 0.3) is 5.91 Å². The van der Waals surface area contributed by atoms with Crippen LogP contribution in [0.3, 0.4) is 0 Å². The van der Waals surface area contributed by atoms with Gasteiger partial charge in [-0.1, -0.05) is 22.9 Å². The van der Waals surface area contributed by atoms with Gasteiger partial charge in [-0.25, -0.2) is 0 Å². The SMILES string of the molecule is COc1ccc(-c2noc(CN(C)C(=O)[C@@H](C)Oc3ccc(C)cc3)n2)c(OC)c1. The van der Waals surface area contributed by atoms with Gasteiger partial charge in [0.05, 0.1) is 26.3 Å². The lowest BCUT2D eigenvalue weighted by Gasteiger charge is -2.20. The topological polar surface area (TPSA) is 86.9 Å². The second kappa shape index (κ2) is 9.30. The predicted octanol–water partition coefficient (Wildman–Crippen LogP) is 3.49. The highest BCUT2D eigenvalue weighted by Crippen LogP contribution is 2.31. The maximum absolute atomic E-state index is 12.6. The number of benzene rings is 2. The van der Waals surface area contributed by atoms with Crippen molar-refractivity contribution in [3.05, 3.63) is 53.9 Å². The number of amides is 1. The zero-order valence-electron chi connectivity index (χ0n) is 17.7. The summed E-state index contributed by atoms with van der Waals surface area (Å²) in [6.07, 6.45) is -0.651. The fourth-order valence-electron chi connectivity index (χ4n) is 2.87. The maximum atomic E-state index is 12.6. The van der Waals surface area contributed by atoms with E-state index in [0.717, 1.165) is 5.56 Å². The summed E-state index contributed by atoms with van der Waals surface area (Å²) in [5.41, 5.74) is 1.79. The van der Waals surface area contributed by atoms with Crippen LogP contribution in [0.15, 0.2) is 47.0 Å². The molecule has 0 aliphatic carbocycles. The number of aryl methyl sites for hydroxylation is 1. The van der Waals surface area contributed by atoms with Crippen LogP contribution in [0.25, 0.3) is 11.4 Å². The van der Waals surface area contributed by atoms with E-state index in [1.54, 1.807) is 46.4 Å². The first-order chi connectivity index (χ1) is 14.4. The third-order valence-corrected chi connectivity index (χ3v) is 4.55. The van der Waals surface area contributed by atoms with Gasteiger partial charge in [0.1, 0.15) is 17.2 Å². The van der Waals surface area contributed by atoms with E-state index in [-0.39, 0.29) is 12.5 Å². The van der Waals surface area contributed by atoms with Crippen LogP contribution >= 0.6 is 0 Å². The first-order valence-corrected chi connectivity index (χ1v) is 9.44. The number of carbonyl (C=O) groups excluding carboxylic acids is 1. The normalized spacial score (nSPS) is 11.6. The average molecular weight is 411 g/mol. The van der Waals surface area contributed by atoms with Crippen LogP contribution in [0.5, 0.6) is 17.2 Å². The Bertz CT molecular complexity index is 1000. The molecule has 0 spiro atoms. The van der Waals surface area contributed by atoms with Gasteiger partial charge in [-0.3, -0.25) is 4.79 Å². The van der Waals surface area contributed by atoms with Gasteiger partial charge in [-0.15, -0.1) is 0 Å². The summed E-state index contributed by atoms with van der Waals surface area (Å²) in [4.78, 5) is 18.5. The van der Waals surface area contributed by atoms with Gasteiger partial charge >= 0.3 is 0 Å². The van der Waals surface area contributed by atoms with E-state index in [1.165, 1.54) is 4.90 Å². The quantitative estimate of drug-likeness (QED) is 0.561. The van der Waals surface area contributed by atoms with E-state index in [4.69, 9.17) is 18.7 Å². The van der Waals surface area contributed by atoms with E-state index in [0.29, 0.717) is 34.5 Å². The molecule has 1 amide bonds. The van der Waals surface area contributed by atoms with Crippen molar-refractivity contribution in [1.82, 2.24) is 15.0 Å². The molecule has 0 saturated carbocycles. The minimum Gasteiger partial charge on any atom is -0.497 e. The molecule has 0 saturated heterocycles. The average Bonchev–Trinajstić information content (AvgIpc) is 3.22. The zero-order valence-corrected chi connectivity index (χ0v) is 17.7. The lowest BCUT2D eigenvalue weighted by molar-refractivity contribution is -0.137. The Morgan fingerprint density at radius 2 is 1.80 bits per heavy atom. The first kappa shape index (κ1) is 21.2. The number of aromatic nitrogens is 2. The second-order valence-corrected chi connectivity index (χ2v) is 6.85. The minimum atomic E-state index is -0.651. The van der Waals surface area contributed by atoms with Crippen molar-refractivity contribution in [1.29, 1.82) is 0 Å². The van der Waals surface area contributed by atoms with Crippen LogP contribution in [-0.2, 0) is 11.3 Å². The minimum absolute atomic E-state index is 0.159. The summed E-state index contributed by atoms with van der Waals surface area (Å²) >= 11 is 0. The van der Waals surface area contributed by atoms with Crippen molar-refractivity contribution in [2.24, 2.45) is 0 Å². The Kier molecular flexibility index (Phi) is 6.56. The summed E-state index contributed by atoms with van der Waals surface area (Å²) in [7, 11) is 4.80. The smallest absolute Gasteiger partial charge is 0.263 e. The van der Waals surface area contributed by atoms with E-state index >= 15 is 0 Å².